The summed E-state index contributed by atoms with van der Waals surface area (Å²) in [5.74, 6) is -4.98. The highest BCUT2D eigenvalue weighted by Crippen LogP contribution is 2.33. The molecule has 2 aliphatic rings. The third-order valence-electron chi connectivity index (χ3n) is 2.71. The van der Waals surface area contributed by atoms with E-state index < -0.39 is 47.8 Å². The lowest BCUT2D eigenvalue weighted by atomic mass is 10.0. The minimum atomic E-state index is -4.98. The average molecular weight is 280 g/mol. The number of carbonyl (C=O) groups is 3. The van der Waals surface area contributed by atoms with Gasteiger partial charge in [0, 0.05) is 0 Å². The van der Waals surface area contributed by atoms with Crippen LogP contribution in [-0.2, 0) is 28.6 Å². The highest BCUT2D eigenvalue weighted by molar-refractivity contribution is 5.94. The smallest absolute Gasteiger partial charge is 0.422 e. The first kappa shape index (κ1) is 13.4. The van der Waals surface area contributed by atoms with Gasteiger partial charge >= 0.3 is 24.1 Å². The maximum atomic E-state index is 12.2. The number of rotatable bonds is 2. The monoisotopic (exact) mass is 280 g/mol. The number of hydrogen-bond donors (Lipinski definition) is 0. The molecule has 0 aliphatic carbocycles. The number of fused-ring (bicyclic) bond motifs is 1. The number of hydrogen-bond acceptors (Lipinski definition) is 6. The van der Waals surface area contributed by atoms with Gasteiger partial charge < -0.3 is 14.2 Å². The summed E-state index contributed by atoms with van der Waals surface area (Å²) in [4.78, 5) is 33.8. The minimum Gasteiger partial charge on any atom is -0.461 e. The molecule has 2 saturated heterocycles. The predicted octanol–water partition coefficient (Wildman–Crippen LogP) is 0.115. The van der Waals surface area contributed by atoms with E-state index in [4.69, 9.17) is 0 Å². The van der Waals surface area contributed by atoms with Gasteiger partial charge in [-0.15, -0.1) is 0 Å². The van der Waals surface area contributed by atoms with Gasteiger partial charge in [0.1, 0.15) is 18.1 Å². The average Bonchev–Trinajstić information content (AvgIpc) is 2.79. The molecular formula is C10H7F3O6. The Labute approximate surface area is 104 Å². The second kappa shape index (κ2) is 4.25. The first-order valence-corrected chi connectivity index (χ1v) is 5.06. The van der Waals surface area contributed by atoms with Crippen molar-refractivity contribution in [3.05, 3.63) is 12.2 Å². The van der Waals surface area contributed by atoms with E-state index in [2.05, 4.69) is 20.8 Å². The van der Waals surface area contributed by atoms with Gasteiger partial charge in [-0.05, 0) is 0 Å². The fourth-order valence-corrected chi connectivity index (χ4v) is 1.73. The molecule has 0 aromatic heterocycles. The van der Waals surface area contributed by atoms with Crippen molar-refractivity contribution in [1.82, 2.24) is 0 Å². The van der Waals surface area contributed by atoms with Gasteiger partial charge in [0.2, 0.25) is 6.10 Å². The summed E-state index contributed by atoms with van der Waals surface area (Å²) < 4.78 is 50.2. The number of cyclic esters (lactones) is 1. The van der Waals surface area contributed by atoms with Crippen LogP contribution in [0.3, 0.4) is 0 Å². The second-order valence-corrected chi connectivity index (χ2v) is 3.93. The normalized spacial score (nSPS) is 29.5. The maximum absolute atomic E-state index is 12.2. The molecule has 0 saturated carbocycles. The van der Waals surface area contributed by atoms with Gasteiger partial charge in [-0.25, -0.2) is 9.59 Å². The number of alkyl halides is 3. The van der Waals surface area contributed by atoms with Gasteiger partial charge in [0.15, 0.2) is 6.10 Å². The van der Waals surface area contributed by atoms with Crippen molar-refractivity contribution < 1.29 is 41.8 Å². The Kier molecular flexibility index (Phi) is 2.99. The van der Waals surface area contributed by atoms with Gasteiger partial charge in [0.25, 0.3) is 0 Å². The lowest BCUT2D eigenvalue weighted by molar-refractivity contribution is -0.168. The van der Waals surface area contributed by atoms with Crippen molar-refractivity contribution in [2.45, 2.75) is 18.4 Å². The largest absolute Gasteiger partial charge is 0.461 e. The van der Waals surface area contributed by atoms with Crippen molar-refractivity contribution in [3.8, 4) is 0 Å². The molecule has 6 nitrogen and oxygen atoms in total. The van der Waals surface area contributed by atoms with Crippen LogP contribution in [-0.4, -0.2) is 42.9 Å². The van der Waals surface area contributed by atoms with E-state index in [1.165, 1.54) is 0 Å². The van der Waals surface area contributed by atoms with Gasteiger partial charge in [-0.2, -0.15) is 13.2 Å². The molecule has 2 rings (SSSR count). The molecule has 2 heterocycles. The highest BCUT2D eigenvalue weighted by Gasteiger charge is 2.57. The topological polar surface area (TPSA) is 78.9 Å². The van der Waals surface area contributed by atoms with Crippen LogP contribution in [0.15, 0.2) is 12.2 Å². The van der Waals surface area contributed by atoms with E-state index in [1.54, 1.807) is 0 Å². The zero-order chi connectivity index (χ0) is 14.4. The van der Waals surface area contributed by atoms with Crippen LogP contribution in [0.25, 0.3) is 0 Å². The Morgan fingerprint density at radius 1 is 1.32 bits per heavy atom. The maximum Gasteiger partial charge on any atom is 0.422 e. The first-order valence-electron chi connectivity index (χ1n) is 5.06. The summed E-state index contributed by atoms with van der Waals surface area (Å²) in [5, 5.41) is 0. The summed E-state index contributed by atoms with van der Waals surface area (Å²) in [6.07, 6.45) is -7.64. The second-order valence-electron chi connectivity index (χ2n) is 3.93. The predicted molar refractivity (Wildman–Crippen MR) is 49.4 cm³/mol. The number of carbonyl (C=O) groups excluding carboxylic acids is 3. The number of ether oxygens (including phenoxy) is 3. The van der Waals surface area contributed by atoms with Crippen molar-refractivity contribution in [3.63, 3.8) is 0 Å². The standard InChI is InChI=1S/C10H7F3O6/c1-3(10(11,12)13)7(14)19-6-5-4(18-9(6)16)2-17-8(5)15/h4-6H,1-2H2. The van der Waals surface area contributed by atoms with Gasteiger partial charge in [-0.1, -0.05) is 6.58 Å². The summed E-state index contributed by atoms with van der Waals surface area (Å²) >= 11 is 0. The Morgan fingerprint density at radius 2 is 1.95 bits per heavy atom. The molecule has 0 bridgehead atoms. The molecule has 9 heteroatoms. The molecule has 104 valence electrons. The van der Waals surface area contributed by atoms with Crippen molar-refractivity contribution in [2.24, 2.45) is 5.92 Å². The molecule has 0 N–H and O–H groups in total. The van der Waals surface area contributed by atoms with Crippen LogP contribution in [0.5, 0.6) is 0 Å². The summed E-state index contributed by atoms with van der Waals surface area (Å²) in [5.41, 5.74) is -1.77. The van der Waals surface area contributed by atoms with Crippen molar-refractivity contribution in [1.29, 1.82) is 0 Å². The van der Waals surface area contributed by atoms with Crippen molar-refractivity contribution >= 4 is 17.9 Å². The van der Waals surface area contributed by atoms with E-state index in [9.17, 15) is 27.6 Å². The number of esters is 3. The van der Waals surface area contributed by atoms with Crippen LogP contribution in [0.4, 0.5) is 13.2 Å². The van der Waals surface area contributed by atoms with E-state index >= 15 is 0 Å². The van der Waals surface area contributed by atoms with E-state index in [1.807, 2.05) is 0 Å². The Morgan fingerprint density at radius 3 is 2.53 bits per heavy atom. The third-order valence-corrected chi connectivity index (χ3v) is 2.71. The fourth-order valence-electron chi connectivity index (χ4n) is 1.73. The van der Waals surface area contributed by atoms with Crippen LogP contribution >= 0.6 is 0 Å². The van der Waals surface area contributed by atoms with Crippen LogP contribution in [0.2, 0.25) is 0 Å². The molecule has 0 spiro atoms. The highest BCUT2D eigenvalue weighted by atomic mass is 19.4. The quantitative estimate of drug-likeness (QED) is 0.406. The minimum absolute atomic E-state index is 0.205. The molecule has 3 unspecified atom stereocenters. The van der Waals surface area contributed by atoms with E-state index in [0.717, 1.165) is 0 Å². The number of halogens is 3. The lowest BCUT2D eigenvalue weighted by Crippen LogP contribution is -2.35. The Bertz CT molecular complexity index is 468. The first-order chi connectivity index (χ1) is 8.71. The molecule has 0 radical (unpaired) electrons. The molecule has 3 atom stereocenters. The van der Waals surface area contributed by atoms with Crippen molar-refractivity contribution in [2.75, 3.05) is 6.61 Å². The van der Waals surface area contributed by atoms with Crippen LogP contribution in [0.1, 0.15) is 0 Å². The molecule has 2 aliphatic heterocycles. The molecule has 2 fully saturated rings. The summed E-state index contributed by atoms with van der Waals surface area (Å²) in [7, 11) is 0. The molecule has 0 aromatic rings. The van der Waals surface area contributed by atoms with E-state index in [0.29, 0.717) is 0 Å². The Balaban J connectivity index is 2.10. The summed E-state index contributed by atoms with van der Waals surface area (Å²) in [6.45, 7) is 2.32. The molecule has 19 heavy (non-hydrogen) atoms. The molecule has 0 aromatic carbocycles. The van der Waals surface area contributed by atoms with E-state index in [-0.39, 0.29) is 6.61 Å². The van der Waals surface area contributed by atoms with Gasteiger partial charge in [0.05, 0.1) is 0 Å². The fraction of sp³-hybridized carbons (Fsp3) is 0.500. The lowest BCUT2D eigenvalue weighted by Gasteiger charge is -2.14. The Hall–Kier alpha value is -2.06. The SMILES string of the molecule is C=C(C(=O)OC1C(=O)OC2COC(=O)C21)C(F)(F)F. The zero-order valence-electron chi connectivity index (χ0n) is 9.23. The van der Waals surface area contributed by atoms with Crippen LogP contribution in [0, 0.1) is 5.92 Å². The summed E-state index contributed by atoms with van der Waals surface area (Å²) in [6, 6.07) is 0. The third kappa shape index (κ3) is 2.27. The molecular weight excluding hydrogens is 273 g/mol. The van der Waals surface area contributed by atoms with Gasteiger partial charge in [-0.3, -0.25) is 4.79 Å². The zero-order valence-corrected chi connectivity index (χ0v) is 9.23. The molecule has 0 amide bonds. The van der Waals surface area contributed by atoms with Crippen LogP contribution < -0.4 is 0 Å².